The Labute approximate surface area is 122 Å². The zero-order valence-electron chi connectivity index (χ0n) is 11.8. The van der Waals surface area contributed by atoms with Crippen LogP contribution < -0.4 is 16.4 Å². The first kappa shape index (κ1) is 14.8. The second-order valence-corrected chi connectivity index (χ2v) is 6.22. The second kappa shape index (κ2) is 6.23. The molecule has 110 valence electrons. The van der Waals surface area contributed by atoms with Crippen LogP contribution in [0.1, 0.15) is 27.2 Å². The Hall–Kier alpha value is -1.60. The third-order valence-electron chi connectivity index (χ3n) is 3.24. The number of primary amides is 1. The molecule has 0 saturated carbocycles. The van der Waals surface area contributed by atoms with Crippen LogP contribution in [-0.4, -0.2) is 44.0 Å². The summed E-state index contributed by atoms with van der Waals surface area (Å²) in [6.45, 7) is 1.31. The Kier molecular flexibility index (Phi) is 4.61. The van der Waals surface area contributed by atoms with Crippen LogP contribution in [0.25, 0.3) is 0 Å². The Morgan fingerprint density at radius 2 is 2.10 bits per heavy atom. The van der Waals surface area contributed by atoms with Gasteiger partial charge in [-0.15, -0.1) is 11.3 Å². The smallest absolute Gasteiger partial charge is 0.319 e. The lowest BCUT2D eigenvalue weighted by molar-refractivity contribution is 0.100. The zero-order chi connectivity index (χ0) is 14.7. The number of nitrogens with two attached hydrogens (primary N) is 1. The molecular weight excluding hydrogens is 276 g/mol. The average molecular weight is 296 g/mol. The van der Waals surface area contributed by atoms with E-state index < -0.39 is 5.91 Å². The third-order valence-corrected chi connectivity index (χ3v) is 4.45. The molecule has 0 aliphatic heterocycles. The molecule has 0 spiro atoms. The van der Waals surface area contributed by atoms with Gasteiger partial charge in [0.15, 0.2) is 0 Å². The number of anilines is 1. The molecule has 0 radical (unpaired) electrons. The molecule has 7 heteroatoms. The van der Waals surface area contributed by atoms with Crippen LogP contribution in [0.4, 0.5) is 9.80 Å². The van der Waals surface area contributed by atoms with Crippen molar-refractivity contribution in [1.82, 2.24) is 10.2 Å². The maximum atomic E-state index is 11.8. The second-order valence-electron chi connectivity index (χ2n) is 5.11. The fraction of sp³-hybridized carbons (Fsp3) is 0.538. The number of hydrogen-bond acceptors (Lipinski definition) is 4. The molecule has 0 unspecified atom stereocenters. The highest BCUT2D eigenvalue weighted by Crippen LogP contribution is 2.38. The minimum Gasteiger partial charge on any atom is -0.365 e. The number of carbonyl (C=O) groups excluding carboxylic acids is 2. The number of aryl methyl sites for hydroxylation is 1. The molecule has 3 amide bonds. The molecule has 0 aromatic carbocycles. The molecule has 0 fully saturated rings. The van der Waals surface area contributed by atoms with E-state index in [2.05, 4.69) is 10.6 Å². The van der Waals surface area contributed by atoms with Gasteiger partial charge in [0, 0.05) is 18.0 Å². The van der Waals surface area contributed by atoms with Crippen LogP contribution in [0, 0.1) is 0 Å². The predicted octanol–water partition coefficient (Wildman–Crippen LogP) is 1.02. The number of fused-ring (bicyclic) bond motifs is 1. The van der Waals surface area contributed by atoms with Gasteiger partial charge in [-0.3, -0.25) is 10.1 Å². The van der Waals surface area contributed by atoms with Crippen molar-refractivity contribution in [1.29, 1.82) is 0 Å². The minimum absolute atomic E-state index is 0.297. The van der Waals surface area contributed by atoms with E-state index in [1.165, 1.54) is 16.2 Å². The van der Waals surface area contributed by atoms with Gasteiger partial charge in [0.05, 0.1) is 5.56 Å². The van der Waals surface area contributed by atoms with Crippen LogP contribution in [0.3, 0.4) is 0 Å². The topological polar surface area (TPSA) is 87.5 Å². The molecule has 1 aliphatic carbocycles. The summed E-state index contributed by atoms with van der Waals surface area (Å²) in [5.74, 6) is -0.465. The van der Waals surface area contributed by atoms with Gasteiger partial charge in [-0.2, -0.15) is 0 Å². The fourth-order valence-corrected chi connectivity index (χ4v) is 3.58. The Balaban J connectivity index is 2.02. The van der Waals surface area contributed by atoms with Crippen LogP contribution in [-0.2, 0) is 12.8 Å². The van der Waals surface area contributed by atoms with Crippen LogP contribution in [0.15, 0.2) is 0 Å². The SMILES string of the molecule is CN(C)CCNC(=O)Nc1sc2c(c1C(N)=O)CCC2. The van der Waals surface area contributed by atoms with Gasteiger partial charge in [-0.05, 0) is 38.9 Å². The number of thiophene rings is 1. The van der Waals surface area contributed by atoms with Gasteiger partial charge in [-0.25, -0.2) is 4.79 Å². The van der Waals surface area contributed by atoms with Crippen molar-refractivity contribution in [2.45, 2.75) is 19.3 Å². The maximum Gasteiger partial charge on any atom is 0.319 e. The van der Waals surface area contributed by atoms with Crippen LogP contribution in [0.5, 0.6) is 0 Å². The van der Waals surface area contributed by atoms with Gasteiger partial charge < -0.3 is 16.0 Å². The van der Waals surface area contributed by atoms with Gasteiger partial charge >= 0.3 is 6.03 Å². The molecule has 6 nitrogen and oxygen atoms in total. The highest BCUT2D eigenvalue weighted by Gasteiger charge is 2.25. The fourth-order valence-electron chi connectivity index (χ4n) is 2.29. The Bertz CT molecular complexity index is 525. The number of carbonyl (C=O) groups is 2. The van der Waals surface area contributed by atoms with Crippen molar-refractivity contribution >= 4 is 28.3 Å². The van der Waals surface area contributed by atoms with Gasteiger partial charge in [-0.1, -0.05) is 0 Å². The summed E-state index contributed by atoms with van der Waals surface area (Å²) >= 11 is 1.46. The number of hydrogen-bond donors (Lipinski definition) is 3. The molecule has 1 aromatic rings. The highest BCUT2D eigenvalue weighted by molar-refractivity contribution is 7.17. The number of urea groups is 1. The molecule has 0 bridgehead atoms. The zero-order valence-corrected chi connectivity index (χ0v) is 12.6. The monoisotopic (exact) mass is 296 g/mol. The van der Waals surface area contributed by atoms with E-state index in [1.807, 2.05) is 19.0 Å². The molecule has 20 heavy (non-hydrogen) atoms. The summed E-state index contributed by atoms with van der Waals surface area (Å²) in [6.07, 6.45) is 2.88. The molecule has 0 saturated heterocycles. The Morgan fingerprint density at radius 1 is 1.35 bits per heavy atom. The molecule has 1 aliphatic rings. The van der Waals surface area contributed by atoms with Gasteiger partial charge in [0.2, 0.25) is 0 Å². The van der Waals surface area contributed by atoms with Crippen molar-refractivity contribution in [3.8, 4) is 0 Å². The molecule has 1 heterocycles. The summed E-state index contributed by atoms with van der Waals surface area (Å²) in [6, 6.07) is -0.297. The normalized spacial score (nSPS) is 13.3. The molecule has 0 atom stereocenters. The summed E-state index contributed by atoms with van der Waals surface area (Å²) in [7, 11) is 3.88. The highest BCUT2D eigenvalue weighted by atomic mass is 32.1. The molecule has 2 rings (SSSR count). The van der Waals surface area contributed by atoms with E-state index in [-0.39, 0.29) is 6.03 Å². The van der Waals surface area contributed by atoms with Crippen molar-refractivity contribution in [3.05, 3.63) is 16.0 Å². The quantitative estimate of drug-likeness (QED) is 0.758. The summed E-state index contributed by atoms with van der Waals surface area (Å²) in [5.41, 5.74) is 6.95. The van der Waals surface area contributed by atoms with Crippen molar-refractivity contribution < 1.29 is 9.59 Å². The standard InChI is InChI=1S/C13H20N4O2S/c1-17(2)7-6-15-13(19)16-12-10(11(14)18)8-4-3-5-9(8)20-12/h3-7H2,1-2H3,(H2,14,18)(H2,15,16,19). The third kappa shape index (κ3) is 3.29. The van der Waals surface area contributed by atoms with E-state index in [1.54, 1.807) is 0 Å². The van der Waals surface area contributed by atoms with Crippen molar-refractivity contribution in [3.63, 3.8) is 0 Å². The van der Waals surface area contributed by atoms with E-state index in [4.69, 9.17) is 5.73 Å². The number of likely N-dealkylation sites (N-methyl/N-ethyl adjacent to an activating group) is 1. The number of amides is 3. The van der Waals surface area contributed by atoms with Crippen LogP contribution in [0.2, 0.25) is 0 Å². The predicted molar refractivity (Wildman–Crippen MR) is 80.4 cm³/mol. The average Bonchev–Trinajstić information content (AvgIpc) is 2.87. The first-order valence-electron chi connectivity index (χ1n) is 6.63. The minimum atomic E-state index is -0.465. The van der Waals surface area contributed by atoms with E-state index in [0.29, 0.717) is 17.1 Å². The largest absolute Gasteiger partial charge is 0.365 e. The maximum absolute atomic E-state index is 11.8. The lowest BCUT2D eigenvalue weighted by Gasteiger charge is -2.11. The first-order valence-corrected chi connectivity index (χ1v) is 7.44. The number of nitrogens with one attached hydrogen (secondary N) is 2. The summed E-state index contributed by atoms with van der Waals surface area (Å²) in [4.78, 5) is 26.5. The lowest BCUT2D eigenvalue weighted by atomic mass is 10.1. The van der Waals surface area contributed by atoms with Gasteiger partial charge in [0.25, 0.3) is 5.91 Å². The van der Waals surface area contributed by atoms with E-state index in [0.717, 1.165) is 31.4 Å². The van der Waals surface area contributed by atoms with E-state index >= 15 is 0 Å². The first-order chi connectivity index (χ1) is 9.49. The molecule has 1 aromatic heterocycles. The summed E-state index contributed by atoms with van der Waals surface area (Å²) < 4.78 is 0. The van der Waals surface area contributed by atoms with E-state index in [9.17, 15) is 9.59 Å². The van der Waals surface area contributed by atoms with Gasteiger partial charge in [0.1, 0.15) is 5.00 Å². The van der Waals surface area contributed by atoms with Crippen molar-refractivity contribution in [2.75, 3.05) is 32.5 Å². The van der Waals surface area contributed by atoms with Crippen molar-refractivity contribution in [2.24, 2.45) is 5.73 Å². The summed E-state index contributed by atoms with van der Waals surface area (Å²) in [5, 5.41) is 6.07. The lowest BCUT2D eigenvalue weighted by Crippen LogP contribution is -2.34. The molecular formula is C13H20N4O2S. The van der Waals surface area contributed by atoms with Crippen LogP contribution >= 0.6 is 11.3 Å². The number of nitrogens with zero attached hydrogens (tertiary/aromatic N) is 1. The number of rotatable bonds is 5. The molecule has 4 N–H and O–H groups in total. The Morgan fingerprint density at radius 3 is 2.75 bits per heavy atom.